The Morgan fingerprint density at radius 1 is 1.14 bits per heavy atom. The Morgan fingerprint density at radius 3 is 2.67 bits per heavy atom. The summed E-state index contributed by atoms with van der Waals surface area (Å²) in [5.41, 5.74) is 2.64. The standard InChI is InChI=1S/C25H29N5O5S/c1-15(14-31)26-23(32)17-6-4-5-7-18(17)27-24(33)29-25-28-19-10-11-30(13-22(19)36-25)16-8-9-20(34-2)21(12-16)35-3/h4-9,12,15,31H,10-11,13-14H2,1-3H3,(H,26,32)(H2,27,28,29,33). The number of aromatic nitrogens is 1. The monoisotopic (exact) mass is 511 g/mol. The number of methoxy groups -OCH3 is 2. The molecule has 0 radical (unpaired) electrons. The molecule has 2 heterocycles. The molecule has 0 aliphatic carbocycles. The fourth-order valence-electron chi connectivity index (χ4n) is 3.88. The first kappa shape index (κ1) is 25.3. The number of amides is 3. The van der Waals surface area contributed by atoms with Crippen LogP contribution in [0.15, 0.2) is 42.5 Å². The van der Waals surface area contributed by atoms with Crippen molar-refractivity contribution < 1.29 is 24.2 Å². The Labute approximate surface area is 213 Å². The van der Waals surface area contributed by atoms with Crippen molar-refractivity contribution in [3.63, 3.8) is 0 Å². The van der Waals surface area contributed by atoms with Crippen molar-refractivity contribution in [3.8, 4) is 11.5 Å². The summed E-state index contributed by atoms with van der Waals surface area (Å²) in [5, 5.41) is 17.9. The van der Waals surface area contributed by atoms with Gasteiger partial charge in [0.15, 0.2) is 16.6 Å². The molecule has 190 valence electrons. The normalized spacial score (nSPS) is 13.4. The summed E-state index contributed by atoms with van der Waals surface area (Å²) in [4.78, 5) is 33.1. The van der Waals surface area contributed by atoms with Crippen LogP contribution in [0.5, 0.6) is 11.5 Å². The molecule has 0 fully saturated rings. The highest BCUT2D eigenvalue weighted by molar-refractivity contribution is 7.15. The highest BCUT2D eigenvalue weighted by atomic mass is 32.1. The van der Waals surface area contributed by atoms with E-state index in [4.69, 9.17) is 9.47 Å². The van der Waals surface area contributed by atoms with Crippen LogP contribution in [0.25, 0.3) is 0 Å². The second-order valence-corrected chi connectivity index (χ2v) is 9.37. The van der Waals surface area contributed by atoms with Crippen molar-refractivity contribution >= 4 is 39.8 Å². The Morgan fingerprint density at radius 2 is 1.92 bits per heavy atom. The molecule has 4 N–H and O–H groups in total. The summed E-state index contributed by atoms with van der Waals surface area (Å²) in [6, 6.07) is 11.6. The summed E-state index contributed by atoms with van der Waals surface area (Å²) in [7, 11) is 3.22. The second-order valence-electron chi connectivity index (χ2n) is 8.28. The Kier molecular flexibility index (Phi) is 7.91. The van der Waals surface area contributed by atoms with Gasteiger partial charge in [-0.25, -0.2) is 9.78 Å². The molecule has 1 aliphatic heterocycles. The van der Waals surface area contributed by atoms with E-state index in [1.165, 1.54) is 11.3 Å². The fourth-order valence-corrected chi connectivity index (χ4v) is 4.90. The average Bonchev–Trinajstić information content (AvgIpc) is 3.29. The number of ether oxygens (including phenoxy) is 2. The lowest BCUT2D eigenvalue weighted by molar-refractivity contribution is 0.0923. The molecule has 3 aromatic rings. The summed E-state index contributed by atoms with van der Waals surface area (Å²) >= 11 is 1.42. The van der Waals surface area contributed by atoms with Crippen molar-refractivity contribution in [2.24, 2.45) is 0 Å². The zero-order valence-corrected chi connectivity index (χ0v) is 21.1. The van der Waals surface area contributed by atoms with Gasteiger partial charge in [0.2, 0.25) is 0 Å². The average molecular weight is 512 g/mol. The molecule has 4 rings (SSSR count). The maximum absolute atomic E-state index is 12.7. The van der Waals surface area contributed by atoms with Gasteiger partial charge >= 0.3 is 6.03 Å². The third-order valence-electron chi connectivity index (χ3n) is 5.76. The summed E-state index contributed by atoms with van der Waals surface area (Å²) < 4.78 is 10.8. The number of hydrogen-bond acceptors (Lipinski definition) is 8. The molecule has 10 nitrogen and oxygen atoms in total. The SMILES string of the molecule is COc1ccc(N2CCc3nc(NC(=O)Nc4ccccc4C(=O)NC(C)CO)sc3C2)cc1OC. The lowest BCUT2D eigenvalue weighted by atomic mass is 10.1. The summed E-state index contributed by atoms with van der Waals surface area (Å²) in [5.74, 6) is 0.965. The van der Waals surface area contributed by atoms with E-state index in [9.17, 15) is 14.7 Å². The minimum atomic E-state index is -0.492. The van der Waals surface area contributed by atoms with Gasteiger partial charge in [-0.15, -0.1) is 0 Å². The van der Waals surface area contributed by atoms with E-state index in [0.717, 1.165) is 29.2 Å². The van der Waals surface area contributed by atoms with E-state index in [2.05, 4.69) is 25.8 Å². The topological polar surface area (TPSA) is 125 Å². The molecule has 3 amide bonds. The van der Waals surface area contributed by atoms with Crippen LogP contribution in [0.1, 0.15) is 27.9 Å². The molecule has 36 heavy (non-hydrogen) atoms. The number of hydrogen-bond donors (Lipinski definition) is 4. The molecule has 1 aliphatic rings. The van der Waals surface area contributed by atoms with E-state index in [1.807, 2.05) is 18.2 Å². The first-order valence-electron chi connectivity index (χ1n) is 11.5. The van der Waals surface area contributed by atoms with Crippen LogP contribution in [0.2, 0.25) is 0 Å². The molecular weight excluding hydrogens is 482 g/mol. The zero-order valence-electron chi connectivity index (χ0n) is 20.3. The molecule has 0 spiro atoms. The van der Waals surface area contributed by atoms with Crippen LogP contribution in [0.3, 0.4) is 0 Å². The van der Waals surface area contributed by atoms with Gasteiger partial charge in [0, 0.05) is 35.6 Å². The molecule has 0 bridgehead atoms. The highest BCUT2D eigenvalue weighted by Crippen LogP contribution is 2.35. The molecule has 1 atom stereocenters. The predicted molar refractivity (Wildman–Crippen MR) is 140 cm³/mol. The number of urea groups is 1. The van der Waals surface area contributed by atoms with Gasteiger partial charge in [-0.3, -0.25) is 10.1 Å². The first-order valence-corrected chi connectivity index (χ1v) is 12.3. The van der Waals surface area contributed by atoms with Crippen molar-refractivity contribution in [2.75, 3.05) is 42.9 Å². The number of rotatable bonds is 8. The third kappa shape index (κ3) is 5.69. The van der Waals surface area contributed by atoms with Gasteiger partial charge in [-0.05, 0) is 31.2 Å². The van der Waals surface area contributed by atoms with Crippen LogP contribution in [0.4, 0.5) is 21.3 Å². The molecule has 1 unspecified atom stereocenters. The molecular formula is C25H29N5O5S. The number of anilines is 3. The van der Waals surface area contributed by atoms with Crippen molar-refractivity contribution in [1.82, 2.24) is 10.3 Å². The van der Waals surface area contributed by atoms with Crippen LogP contribution in [-0.2, 0) is 13.0 Å². The van der Waals surface area contributed by atoms with Crippen LogP contribution in [-0.4, -0.2) is 55.4 Å². The lowest BCUT2D eigenvalue weighted by Crippen LogP contribution is -2.35. The Hall–Kier alpha value is -3.83. The van der Waals surface area contributed by atoms with Crippen molar-refractivity contribution in [2.45, 2.75) is 25.9 Å². The number of para-hydroxylation sites is 1. The summed E-state index contributed by atoms with van der Waals surface area (Å²) in [6.45, 7) is 2.96. The highest BCUT2D eigenvalue weighted by Gasteiger charge is 2.23. The Bertz CT molecular complexity index is 1250. The minimum absolute atomic E-state index is 0.181. The van der Waals surface area contributed by atoms with Gasteiger partial charge in [-0.2, -0.15) is 0 Å². The molecule has 2 aromatic carbocycles. The van der Waals surface area contributed by atoms with E-state index < -0.39 is 12.1 Å². The van der Waals surface area contributed by atoms with E-state index in [-0.39, 0.29) is 12.5 Å². The maximum atomic E-state index is 12.7. The number of nitrogens with one attached hydrogen (secondary N) is 3. The first-order chi connectivity index (χ1) is 17.4. The quantitative estimate of drug-likeness (QED) is 0.365. The van der Waals surface area contributed by atoms with E-state index in [1.54, 1.807) is 45.4 Å². The van der Waals surface area contributed by atoms with Crippen LogP contribution >= 0.6 is 11.3 Å². The third-order valence-corrected chi connectivity index (χ3v) is 6.75. The number of carbonyl (C=O) groups is 2. The van der Waals surface area contributed by atoms with Gasteiger partial charge in [-0.1, -0.05) is 23.5 Å². The number of carbonyl (C=O) groups excluding carboxylic acids is 2. The smallest absolute Gasteiger partial charge is 0.325 e. The number of nitrogens with zero attached hydrogens (tertiary/aromatic N) is 2. The van der Waals surface area contributed by atoms with Crippen molar-refractivity contribution in [3.05, 3.63) is 58.6 Å². The van der Waals surface area contributed by atoms with Crippen LogP contribution < -0.4 is 30.3 Å². The van der Waals surface area contributed by atoms with Gasteiger partial charge in [0.25, 0.3) is 5.91 Å². The zero-order chi connectivity index (χ0) is 25.7. The number of thiazole rings is 1. The van der Waals surface area contributed by atoms with Crippen molar-refractivity contribution in [1.29, 1.82) is 0 Å². The molecule has 11 heteroatoms. The molecule has 1 aromatic heterocycles. The number of benzene rings is 2. The van der Waals surface area contributed by atoms with Gasteiger partial charge in [0.1, 0.15) is 0 Å². The van der Waals surface area contributed by atoms with E-state index in [0.29, 0.717) is 34.4 Å². The number of aliphatic hydroxyl groups excluding tert-OH is 1. The molecule has 0 saturated heterocycles. The largest absolute Gasteiger partial charge is 0.493 e. The summed E-state index contributed by atoms with van der Waals surface area (Å²) in [6.07, 6.45) is 0.746. The fraction of sp³-hybridized carbons (Fsp3) is 0.320. The van der Waals surface area contributed by atoms with Crippen LogP contribution in [0, 0.1) is 0 Å². The second kappa shape index (κ2) is 11.3. The Balaban J connectivity index is 1.42. The number of fused-ring (bicyclic) bond motifs is 1. The number of aliphatic hydroxyl groups is 1. The maximum Gasteiger partial charge on any atom is 0.325 e. The van der Waals surface area contributed by atoms with Gasteiger partial charge < -0.3 is 30.1 Å². The predicted octanol–water partition coefficient (Wildman–Crippen LogP) is 3.48. The lowest BCUT2D eigenvalue weighted by Gasteiger charge is -2.28. The van der Waals surface area contributed by atoms with Gasteiger partial charge in [0.05, 0.1) is 44.3 Å². The van der Waals surface area contributed by atoms with E-state index >= 15 is 0 Å². The minimum Gasteiger partial charge on any atom is -0.493 e. The molecule has 0 saturated carbocycles.